The third kappa shape index (κ3) is 2.49. The molecule has 0 saturated heterocycles. The Morgan fingerprint density at radius 1 is 1.15 bits per heavy atom. The molecule has 0 saturated carbocycles. The normalized spacial score (nSPS) is 12.0. The second-order valence-electron chi connectivity index (χ2n) is 4.35. The molecular formula is C15H11ClN2O2. The van der Waals surface area contributed by atoms with Crippen LogP contribution in [0, 0.1) is 11.3 Å². The van der Waals surface area contributed by atoms with Crippen molar-refractivity contribution in [2.45, 2.75) is 6.54 Å². The molecule has 1 aliphatic rings. The fraction of sp³-hybridized carbons (Fsp3) is 0.133. The summed E-state index contributed by atoms with van der Waals surface area (Å²) in [4.78, 5) is 0. The van der Waals surface area contributed by atoms with E-state index in [0.717, 1.165) is 22.7 Å². The number of fused-ring (bicyclic) bond motifs is 1. The van der Waals surface area contributed by atoms with Crippen molar-refractivity contribution in [3.05, 3.63) is 52.5 Å². The highest BCUT2D eigenvalue weighted by Gasteiger charge is 2.13. The first-order valence-corrected chi connectivity index (χ1v) is 6.46. The Bertz CT molecular complexity index is 695. The first-order chi connectivity index (χ1) is 9.76. The molecule has 0 aromatic heterocycles. The van der Waals surface area contributed by atoms with Crippen LogP contribution in [0.4, 0.5) is 5.69 Å². The van der Waals surface area contributed by atoms with Crippen LogP contribution < -0.4 is 14.8 Å². The lowest BCUT2D eigenvalue weighted by Crippen LogP contribution is -2.00. The molecule has 0 aliphatic carbocycles. The van der Waals surface area contributed by atoms with E-state index < -0.39 is 0 Å². The Morgan fingerprint density at radius 2 is 2.00 bits per heavy atom. The molecule has 0 atom stereocenters. The smallest absolute Gasteiger partial charge is 0.231 e. The van der Waals surface area contributed by atoms with Crippen LogP contribution in [0.25, 0.3) is 0 Å². The molecule has 5 heteroatoms. The first kappa shape index (κ1) is 12.6. The maximum absolute atomic E-state index is 8.89. The molecule has 0 amide bonds. The Labute approximate surface area is 121 Å². The van der Waals surface area contributed by atoms with Crippen molar-refractivity contribution in [3.63, 3.8) is 0 Å². The Hall–Kier alpha value is -2.38. The predicted molar refractivity (Wildman–Crippen MR) is 76.1 cm³/mol. The number of halogens is 1. The second kappa shape index (κ2) is 5.32. The largest absolute Gasteiger partial charge is 0.454 e. The van der Waals surface area contributed by atoms with Crippen LogP contribution in [-0.2, 0) is 6.54 Å². The molecule has 1 N–H and O–H groups in total. The zero-order valence-corrected chi connectivity index (χ0v) is 11.3. The number of rotatable bonds is 3. The van der Waals surface area contributed by atoms with Crippen molar-refractivity contribution in [1.29, 1.82) is 5.26 Å². The van der Waals surface area contributed by atoms with Gasteiger partial charge >= 0.3 is 0 Å². The van der Waals surface area contributed by atoms with Crippen LogP contribution in [0.5, 0.6) is 11.5 Å². The van der Waals surface area contributed by atoms with Crippen molar-refractivity contribution in [1.82, 2.24) is 0 Å². The van der Waals surface area contributed by atoms with E-state index in [4.69, 9.17) is 26.3 Å². The summed E-state index contributed by atoms with van der Waals surface area (Å²) < 4.78 is 10.6. The molecule has 0 unspecified atom stereocenters. The van der Waals surface area contributed by atoms with E-state index in [9.17, 15) is 0 Å². The summed E-state index contributed by atoms with van der Waals surface area (Å²) in [6.45, 7) is 0.855. The van der Waals surface area contributed by atoms with Crippen molar-refractivity contribution in [2.75, 3.05) is 12.1 Å². The number of nitrogens with one attached hydrogen (secondary N) is 1. The van der Waals surface area contributed by atoms with E-state index in [1.807, 2.05) is 18.2 Å². The molecule has 0 spiro atoms. The molecule has 20 heavy (non-hydrogen) atoms. The van der Waals surface area contributed by atoms with Gasteiger partial charge in [-0.05, 0) is 35.9 Å². The van der Waals surface area contributed by atoms with Crippen molar-refractivity contribution >= 4 is 17.3 Å². The molecule has 0 fully saturated rings. The molecule has 4 nitrogen and oxygen atoms in total. The van der Waals surface area contributed by atoms with Gasteiger partial charge in [0.05, 0.1) is 22.3 Å². The van der Waals surface area contributed by atoms with Crippen molar-refractivity contribution in [3.8, 4) is 17.6 Å². The highest BCUT2D eigenvalue weighted by molar-refractivity contribution is 6.33. The lowest BCUT2D eigenvalue weighted by molar-refractivity contribution is 0.174. The highest BCUT2D eigenvalue weighted by Crippen LogP contribution is 2.33. The fourth-order valence-corrected chi connectivity index (χ4v) is 2.16. The molecular weight excluding hydrogens is 276 g/mol. The highest BCUT2D eigenvalue weighted by atomic mass is 35.5. The topological polar surface area (TPSA) is 54.3 Å². The lowest BCUT2D eigenvalue weighted by atomic mass is 10.2. The molecule has 100 valence electrons. The fourth-order valence-electron chi connectivity index (χ4n) is 1.98. The minimum Gasteiger partial charge on any atom is -0.454 e. The van der Waals surface area contributed by atoms with Crippen molar-refractivity contribution < 1.29 is 9.47 Å². The van der Waals surface area contributed by atoms with Gasteiger partial charge in [0.15, 0.2) is 11.5 Å². The zero-order chi connectivity index (χ0) is 13.9. The van der Waals surface area contributed by atoms with Gasteiger partial charge in [0.1, 0.15) is 0 Å². The first-order valence-electron chi connectivity index (χ1n) is 6.08. The molecule has 2 aromatic rings. The van der Waals surface area contributed by atoms with Crippen LogP contribution in [0.3, 0.4) is 0 Å². The summed E-state index contributed by atoms with van der Waals surface area (Å²) in [7, 11) is 0. The van der Waals surface area contributed by atoms with E-state index >= 15 is 0 Å². The van der Waals surface area contributed by atoms with E-state index in [2.05, 4.69) is 11.4 Å². The van der Waals surface area contributed by atoms with Gasteiger partial charge in [-0.2, -0.15) is 5.26 Å². The standard InChI is InChI=1S/C15H11ClN2O2/c16-12-3-1-10(7-17)5-13(12)18-8-11-2-4-14-15(6-11)20-9-19-14/h1-6,18H,8-9H2. The average molecular weight is 287 g/mol. The van der Waals surface area contributed by atoms with Gasteiger partial charge in [-0.25, -0.2) is 0 Å². The maximum atomic E-state index is 8.89. The van der Waals surface area contributed by atoms with Crippen LogP contribution in [0.15, 0.2) is 36.4 Å². The summed E-state index contributed by atoms with van der Waals surface area (Å²) in [5.41, 5.74) is 2.36. The van der Waals surface area contributed by atoms with Gasteiger partial charge < -0.3 is 14.8 Å². The summed E-state index contributed by atoms with van der Waals surface area (Å²) in [5, 5.41) is 12.7. The molecule has 1 aliphatic heterocycles. The van der Waals surface area contributed by atoms with E-state index in [1.165, 1.54) is 0 Å². The Balaban J connectivity index is 1.75. The number of hydrogen-bond acceptors (Lipinski definition) is 4. The summed E-state index contributed by atoms with van der Waals surface area (Å²) in [6.07, 6.45) is 0. The third-order valence-corrected chi connectivity index (χ3v) is 3.34. The van der Waals surface area contributed by atoms with Gasteiger partial charge in [-0.3, -0.25) is 0 Å². The number of nitriles is 1. The summed E-state index contributed by atoms with van der Waals surface area (Å²) in [5.74, 6) is 1.51. The monoisotopic (exact) mass is 286 g/mol. The number of anilines is 1. The quantitative estimate of drug-likeness (QED) is 0.937. The van der Waals surface area contributed by atoms with Gasteiger partial charge in [-0.1, -0.05) is 17.7 Å². The van der Waals surface area contributed by atoms with Crippen LogP contribution >= 0.6 is 11.6 Å². The van der Waals surface area contributed by atoms with Crippen LogP contribution in [-0.4, -0.2) is 6.79 Å². The van der Waals surface area contributed by atoms with Gasteiger partial charge in [0.2, 0.25) is 6.79 Å². The Kier molecular flexibility index (Phi) is 3.36. The van der Waals surface area contributed by atoms with E-state index in [-0.39, 0.29) is 6.79 Å². The molecule has 2 aromatic carbocycles. The van der Waals surface area contributed by atoms with E-state index in [0.29, 0.717) is 17.1 Å². The summed E-state index contributed by atoms with van der Waals surface area (Å²) >= 11 is 6.10. The number of nitrogens with zero attached hydrogens (tertiary/aromatic N) is 1. The number of benzene rings is 2. The maximum Gasteiger partial charge on any atom is 0.231 e. The SMILES string of the molecule is N#Cc1ccc(Cl)c(NCc2ccc3c(c2)OCO3)c1. The summed E-state index contributed by atoms with van der Waals surface area (Å²) in [6, 6.07) is 13.0. The zero-order valence-electron chi connectivity index (χ0n) is 10.5. The van der Waals surface area contributed by atoms with Gasteiger partial charge in [0, 0.05) is 6.54 Å². The molecule has 1 heterocycles. The minimum atomic E-state index is 0.266. The predicted octanol–water partition coefficient (Wildman–Crippen LogP) is 3.55. The molecule has 3 rings (SSSR count). The molecule has 0 radical (unpaired) electrons. The Morgan fingerprint density at radius 3 is 2.85 bits per heavy atom. The lowest BCUT2D eigenvalue weighted by Gasteiger charge is -2.09. The van der Waals surface area contributed by atoms with Crippen molar-refractivity contribution in [2.24, 2.45) is 0 Å². The number of hydrogen-bond donors (Lipinski definition) is 1. The van der Waals surface area contributed by atoms with E-state index in [1.54, 1.807) is 18.2 Å². The number of ether oxygens (including phenoxy) is 2. The van der Waals surface area contributed by atoms with Crippen LogP contribution in [0.1, 0.15) is 11.1 Å². The average Bonchev–Trinajstić information content (AvgIpc) is 2.94. The van der Waals surface area contributed by atoms with Gasteiger partial charge in [0.25, 0.3) is 0 Å². The van der Waals surface area contributed by atoms with Gasteiger partial charge in [-0.15, -0.1) is 0 Å². The minimum absolute atomic E-state index is 0.266. The second-order valence-corrected chi connectivity index (χ2v) is 4.75. The third-order valence-electron chi connectivity index (χ3n) is 3.02. The van der Waals surface area contributed by atoms with Crippen LogP contribution in [0.2, 0.25) is 5.02 Å². The molecule has 0 bridgehead atoms.